The van der Waals surface area contributed by atoms with Crippen LogP contribution in [0.1, 0.15) is 35.8 Å². The van der Waals surface area contributed by atoms with Crippen LogP contribution < -0.4 is 0 Å². The van der Waals surface area contributed by atoms with Crippen molar-refractivity contribution < 1.29 is 9.52 Å². The molecule has 2 aromatic rings. The number of likely N-dealkylation sites (tertiary alicyclic amines) is 1. The summed E-state index contributed by atoms with van der Waals surface area (Å²) in [6, 6.07) is 12.6. The van der Waals surface area contributed by atoms with E-state index >= 15 is 0 Å². The lowest BCUT2D eigenvalue weighted by Crippen LogP contribution is -2.22. The molecule has 1 unspecified atom stereocenters. The largest absolute Gasteiger partial charge is 0.468 e. The van der Waals surface area contributed by atoms with Gasteiger partial charge < -0.3 is 9.52 Å². The van der Waals surface area contributed by atoms with Crippen LogP contribution in [0, 0.1) is 0 Å². The van der Waals surface area contributed by atoms with E-state index < -0.39 is 0 Å². The summed E-state index contributed by atoms with van der Waals surface area (Å²) in [5, 5.41) is 9.06. The Hall–Kier alpha value is -1.58. The summed E-state index contributed by atoms with van der Waals surface area (Å²) in [5.74, 6) is 1.07. The number of furan rings is 1. The highest BCUT2D eigenvalue weighted by molar-refractivity contribution is 5.22. The molecule has 100 valence electrons. The first kappa shape index (κ1) is 12.5. The lowest BCUT2D eigenvalue weighted by Gasteiger charge is -2.22. The number of rotatable bonds is 4. The second kappa shape index (κ2) is 5.59. The van der Waals surface area contributed by atoms with Gasteiger partial charge in [0, 0.05) is 6.54 Å². The Bertz CT molecular complexity index is 504. The second-order valence-corrected chi connectivity index (χ2v) is 5.12. The molecule has 1 N–H and O–H groups in total. The number of benzene rings is 1. The Balaban J connectivity index is 1.71. The van der Waals surface area contributed by atoms with Gasteiger partial charge in [0.15, 0.2) is 0 Å². The Kier molecular flexibility index (Phi) is 3.67. The first-order valence-electron chi connectivity index (χ1n) is 6.83. The number of nitrogens with zero attached hydrogens (tertiary/aromatic N) is 1. The summed E-state index contributed by atoms with van der Waals surface area (Å²) < 4.78 is 5.55. The highest BCUT2D eigenvalue weighted by atomic mass is 16.3. The maximum absolute atomic E-state index is 9.06. The Morgan fingerprint density at radius 1 is 1.16 bits per heavy atom. The SMILES string of the molecule is OCc1ccc(CN2CCCC2c2ccco2)cc1. The van der Waals surface area contributed by atoms with E-state index in [1.807, 2.05) is 18.2 Å². The van der Waals surface area contributed by atoms with Gasteiger partial charge in [-0.3, -0.25) is 4.90 Å². The maximum atomic E-state index is 9.06. The van der Waals surface area contributed by atoms with Crippen LogP contribution in [-0.2, 0) is 13.2 Å². The standard InChI is InChI=1S/C16H19NO2/c18-12-14-7-5-13(6-8-14)11-17-9-1-3-15(17)16-4-2-10-19-16/h2,4-8,10,15,18H,1,3,9,11-12H2. The van der Waals surface area contributed by atoms with Gasteiger partial charge in [-0.2, -0.15) is 0 Å². The molecule has 1 aromatic heterocycles. The van der Waals surface area contributed by atoms with Crippen molar-refractivity contribution in [2.24, 2.45) is 0 Å². The minimum Gasteiger partial charge on any atom is -0.468 e. The normalized spacial score (nSPS) is 19.9. The predicted octanol–water partition coefficient (Wildman–Crippen LogP) is 3.11. The van der Waals surface area contributed by atoms with E-state index in [1.165, 1.54) is 18.4 Å². The summed E-state index contributed by atoms with van der Waals surface area (Å²) in [5.41, 5.74) is 2.25. The predicted molar refractivity (Wildman–Crippen MR) is 73.5 cm³/mol. The molecule has 0 amide bonds. The molecule has 0 saturated carbocycles. The van der Waals surface area contributed by atoms with Crippen LogP contribution in [0.25, 0.3) is 0 Å². The summed E-state index contributed by atoms with van der Waals surface area (Å²) in [6.45, 7) is 2.17. The summed E-state index contributed by atoms with van der Waals surface area (Å²) in [6.07, 6.45) is 4.14. The van der Waals surface area contributed by atoms with Gasteiger partial charge in [-0.25, -0.2) is 0 Å². The summed E-state index contributed by atoms with van der Waals surface area (Å²) >= 11 is 0. The smallest absolute Gasteiger partial charge is 0.120 e. The van der Waals surface area contributed by atoms with Crippen LogP contribution in [0.2, 0.25) is 0 Å². The first-order valence-corrected chi connectivity index (χ1v) is 6.83. The molecule has 0 aliphatic carbocycles. The Morgan fingerprint density at radius 3 is 2.63 bits per heavy atom. The minimum absolute atomic E-state index is 0.110. The van der Waals surface area contributed by atoms with E-state index in [4.69, 9.17) is 9.52 Å². The molecule has 1 atom stereocenters. The lowest BCUT2D eigenvalue weighted by atomic mass is 10.1. The highest BCUT2D eigenvalue weighted by Crippen LogP contribution is 2.33. The van der Waals surface area contributed by atoms with Crippen molar-refractivity contribution in [3.8, 4) is 0 Å². The number of aliphatic hydroxyl groups is 1. The molecule has 3 nitrogen and oxygen atoms in total. The third kappa shape index (κ3) is 2.72. The fourth-order valence-corrected chi connectivity index (χ4v) is 2.80. The van der Waals surface area contributed by atoms with Gasteiger partial charge in [0.05, 0.1) is 18.9 Å². The van der Waals surface area contributed by atoms with E-state index in [0.29, 0.717) is 6.04 Å². The van der Waals surface area contributed by atoms with Crippen molar-refractivity contribution in [3.63, 3.8) is 0 Å². The fourth-order valence-electron chi connectivity index (χ4n) is 2.80. The molecule has 3 heteroatoms. The average molecular weight is 257 g/mol. The van der Waals surface area contributed by atoms with Gasteiger partial charge in [0.2, 0.25) is 0 Å². The average Bonchev–Trinajstić information content (AvgIpc) is 3.10. The van der Waals surface area contributed by atoms with Crippen molar-refractivity contribution in [2.75, 3.05) is 6.54 Å². The lowest BCUT2D eigenvalue weighted by molar-refractivity contribution is 0.220. The minimum atomic E-state index is 0.110. The summed E-state index contributed by atoms with van der Waals surface area (Å²) in [7, 11) is 0. The van der Waals surface area contributed by atoms with Gasteiger partial charge >= 0.3 is 0 Å². The van der Waals surface area contributed by atoms with Crippen molar-refractivity contribution in [3.05, 3.63) is 59.5 Å². The summed E-state index contributed by atoms with van der Waals surface area (Å²) in [4.78, 5) is 2.47. The number of hydrogen-bond donors (Lipinski definition) is 1. The van der Waals surface area contributed by atoms with Gasteiger partial charge in [0.1, 0.15) is 5.76 Å². The van der Waals surface area contributed by atoms with Crippen molar-refractivity contribution in [1.29, 1.82) is 0 Å². The Labute approximate surface area is 113 Å². The zero-order valence-electron chi connectivity index (χ0n) is 11.0. The fraction of sp³-hybridized carbons (Fsp3) is 0.375. The molecular formula is C16H19NO2. The molecule has 1 aromatic carbocycles. The van der Waals surface area contributed by atoms with Crippen LogP contribution >= 0.6 is 0 Å². The molecule has 1 aliphatic heterocycles. The van der Waals surface area contributed by atoms with E-state index in [1.54, 1.807) is 6.26 Å². The van der Waals surface area contributed by atoms with Gasteiger partial charge in [-0.05, 0) is 42.6 Å². The maximum Gasteiger partial charge on any atom is 0.120 e. The van der Waals surface area contributed by atoms with Crippen LogP contribution in [0.3, 0.4) is 0 Å². The molecule has 1 fully saturated rings. The third-order valence-corrected chi connectivity index (χ3v) is 3.83. The van der Waals surface area contributed by atoms with Gasteiger partial charge in [0.25, 0.3) is 0 Å². The van der Waals surface area contributed by atoms with E-state index in [9.17, 15) is 0 Å². The third-order valence-electron chi connectivity index (χ3n) is 3.83. The quantitative estimate of drug-likeness (QED) is 0.914. The monoisotopic (exact) mass is 257 g/mol. The molecule has 2 heterocycles. The zero-order valence-corrected chi connectivity index (χ0v) is 11.0. The molecule has 19 heavy (non-hydrogen) atoms. The highest BCUT2D eigenvalue weighted by Gasteiger charge is 2.27. The van der Waals surface area contributed by atoms with Crippen LogP contribution in [0.5, 0.6) is 0 Å². The Morgan fingerprint density at radius 2 is 1.95 bits per heavy atom. The van der Waals surface area contributed by atoms with Gasteiger partial charge in [-0.1, -0.05) is 24.3 Å². The van der Waals surface area contributed by atoms with E-state index in [0.717, 1.165) is 24.4 Å². The first-order chi connectivity index (χ1) is 9.36. The van der Waals surface area contributed by atoms with Gasteiger partial charge in [-0.15, -0.1) is 0 Å². The molecule has 0 bridgehead atoms. The second-order valence-electron chi connectivity index (χ2n) is 5.12. The van der Waals surface area contributed by atoms with Crippen molar-refractivity contribution in [2.45, 2.75) is 32.0 Å². The molecule has 3 rings (SSSR count). The molecular weight excluding hydrogens is 238 g/mol. The van der Waals surface area contributed by atoms with Crippen molar-refractivity contribution >= 4 is 0 Å². The van der Waals surface area contributed by atoms with E-state index in [-0.39, 0.29) is 6.61 Å². The van der Waals surface area contributed by atoms with E-state index in [2.05, 4.69) is 23.1 Å². The van der Waals surface area contributed by atoms with Crippen molar-refractivity contribution in [1.82, 2.24) is 4.90 Å². The molecule has 0 spiro atoms. The van der Waals surface area contributed by atoms with Crippen LogP contribution in [0.15, 0.2) is 47.1 Å². The molecule has 0 radical (unpaired) electrons. The number of hydrogen-bond acceptors (Lipinski definition) is 3. The van der Waals surface area contributed by atoms with Crippen LogP contribution in [-0.4, -0.2) is 16.6 Å². The molecule has 1 aliphatic rings. The zero-order chi connectivity index (χ0) is 13.1. The molecule has 1 saturated heterocycles. The topological polar surface area (TPSA) is 36.6 Å². The van der Waals surface area contributed by atoms with Crippen LogP contribution in [0.4, 0.5) is 0 Å². The number of aliphatic hydroxyl groups excluding tert-OH is 1.